The minimum atomic E-state index is -0.0565. The summed E-state index contributed by atoms with van der Waals surface area (Å²) < 4.78 is 1.68. The summed E-state index contributed by atoms with van der Waals surface area (Å²) in [5.41, 5.74) is 4.18. The molecule has 4 nitrogen and oxygen atoms in total. The maximum Gasteiger partial charge on any atom is 0.163 e. The van der Waals surface area contributed by atoms with E-state index in [1.165, 1.54) is 6.92 Å². The molecule has 2 aromatic rings. The Morgan fingerprint density at radius 3 is 2.59 bits per heavy atom. The molecule has 2 rings (SSSR count). The van der Waals surface area contributed by atoms with Gasteiger partial charge in [-0.2, -0.15) is 10.4 Å². The molecule has 0 N–H and O–H groups in total. The maximum atomic E-state index is 11.7. The molecule has 0 bridgehead atoms. The molecule has 0 amide bonds. The molecule has 0 aromatic carbocycles. The molecule has 0 spiro atoms. The van der Waals surface area contributed by atoms with Gasteiger partial charge in [-0.3, -0.25) is 4.79 Å². The molecular formula is C13H13N3O. The van der Waals surface area contributed by atoms with E-state index in [1.807, 2.05) is 19.9 Å². The number of nitriles is 1. The van der Waals surface area contributed by atoms with Crippen LogP contribution in [0.25, 0.3) is 5.52 Å². The van der Waals surface area contributed by atoms with Gasteiger partial charge in [-0.1, -0.05) is 0 Å². The zero-order valence-electron chi connectivity index (χ0n) is 10.3. The molecule has 17 heavy (non-hydrogen) atoms. The molecule has 0 aliphatic carbocycles. The SMILES string of the molecule is CC(=O)c1c(C)nn2c(C)cc(C)c(C#N)c12. The van der Waals surface area contributed by atoms with E-state index < -0.39 is 0 Å². The van der Waals surface area contributed by atoms with Crippen molar-refractivity contribution in [1.29, 1.82) is 5.26 Å². The molecule has 0 saturated carbocycles. The number of aryl methyl sites for hydroxylation is 3. The van der Waals surface area contributed by atoms with Gasteiger partial charge in [0.05, 0.1) is 22.3 Å². The minimum Gasteiger partial charge on any atom is -0.294 e. The van der Waals surface area contributed by atoms with Crippen LogP contribution in [-0.4, -0.2) is 15.4 Å². The van der Waals surface area contributed by atoms with Crippen molar-refractivity contribution in [2.45, 2.75) is 27.7 Å². The first kappa shape index (κ1) is 11.3. The monoisotopic (exact) mass is 227 g/mol. The van der Waals surface area contributed by atoms with Gasteiger partial charge in [0.15, 0.2) is 5.78 Å². The van der Waals surface area contributed by atoms with E-state index >= 15 is 0 Å². The number of ketones is 1. The van der Waals surface area contributed by atoms with Crippen molar-refractivity contribution in [3.8, 4) is 6.07 Å². The number of rotatable bonds is 1. The summed E-state index contributed by atoms with van der Waals surface area (Å²) in [6, 6.07) is 4.07. The molecule has 0 unspecified atom stereocenters. The van der Waals surface area contributed by atoms with Crippen LogP contribution in [0.1, 0.15) is 39.8 Å². The van der Waals surface area contributed by atoms with Gasteiger partial charge < -0.3 is 0 Å². The third-order valence-corrected chi connectivity index (χ3v) is 2.91. The molecule has 2 heterocycles. The molecule has 0 aliphatic heterocycles. The molecular weight excluding hydrogens is 214 g/mol. The van der Waals surface area contributed by atoms with Crippen molar-refractivity contribution < 1.29 is 4.79 Å². The Hall–Kier alpha value is -2.15. The number of pyridine rings is 1. The average Bonchev–Trinajstić information content (AvgIpc) is 2.56. The lowest BCUT2D eigenvalue weighted by Crippen LogP contribution is -2.00. The number of carbonyl (C=O) groups excluding carboxylic acids is 1. The number of Topliss-reactive ketones (excluding diaryl/α,β-unsaturated/α-hetero) is 1. The van der Waals surface area contributed by atoms with Gasteiger partial charge in [0, 0.05) is 5.69 Å². The Kier molecular flexibility index (Phi) is 2.47. The highest BCUT2D eigenvalue weighted by molar-refractivity contribution is 6.03. The lowest BCUT2D eigenvalue weighted by molar-refractivity contribution is 0.101. The number of carbonyl (C=O) groups is 1. The summed E-state index contributed by atoms with van der Waals surface area (Å²) in [7, 11) is 0. The molecule has 0 radical (unpaired) electrons. The van der Waals surface area contributed by atoms with Gasteiger partial charge in [-0.25, -0.2) is 4.52 Å². The second-order valence-electron chi connectivity index (χ2n) is 4.23. The molecule has 86 valence electrons. The van der Waals surface area contributed by atoms with Crippen LogP contribution < -0.4 is 0 Å². The molecule has 4 heteroatoms. The molecule has 0 fully saturated rings. The Bertz CT molecular complexity index is 674. The summed E-state index contributed by atoms with van der Waals surface area (Å²) in [5, 5.41) is 13.5. The van der Waals surface area contributed by atoms with E-state index in [2.05, 4.69) is 11.2 Å². The summed E-state index contributed by atoms with van der Waals surface area (Å²) in [6.07, 6.45) is 0. The van der Waals surface area contributed by atoms with E-state index in [1.54, 1.807) is 11.4 Å². The van der Waals surface area contributed by atoms with Crippen molar-refractivity contribution >= 4 is 11.3 Å². The van der Waals surface area contributed by atoms with E-state index in [9.17, 15) is 10.1 Å². The van der Waals surface area contributed by atoms with E-state index in [-0.39, 0.29) is 5.78 Å². The van der Waals surface area contributed by atoms with Gasteiger partial charge in [0.25, 0.3) is 0 Å². The van der Waals surface area contributed by atoms with Crippen LogP contribution in [0.3, 0.4) is 0 Å². The fraction of sp³-hybridized carbons (Fsp3) is 0.308. The van der Waals surface area contributed by atoms with E-state index in [0.29, 0.717) is 22.3 Å². The second kappa shape index (κ2) is 3.70. The normalized spacial score (nSPS) is 10.5. The van der Waals surface area contributed by atoms with Crippen LogP contribution in [-0.2, 0) is 0 Å². The van der Waals surface area contributed by atoms with Crippen molar-refractivity contribution in [3.05, 3.63) is 34.1 Å². The second-order valence-corrected chi connectivity index (χ2v) is 4.23. The average molecular weight is 227 g/mol. The predicted octanol–water partition coefficient (Wildman–Crippen LogP) is 2.33. The lowest BCUT2D eigenvalue weighted by Gasteiger charge is -2.05. The molecule has 2 aromatic heterocycles. The highest BCUT2D eigenvalue weighted by Gasteiger charge is 2.19. The highest BCUT2D eigenvalue weighted by Crippen LogP contribution is 2.24. The van der Waals surface area contributed by atoms with Gasteiger partial charge >= 0.3 is 0 Å². The van der Waals surface area contributed by atoms with Crippen LogP contribution in [0.15, 0.2) is 6.07 Å². The highest BCUT2D eigenvalue weighted by atomic mass is 16.1. The van der Waals surface area contributed by atoms with Crippen molar-refractivity contribution in [2.75, 3.05) is 0 Å². The lowest BCUT2D eigenvalue weighted by atomic mass is 10.0. The van der Waals surface area contributed by atoms with Crippen LogP contribution >= 0.6 is 0 Å². The van der Waals surface area contributed by atoms with Gasteiger partial charge in [0.1, 0.15) is 6.07 Å². The van der Waals surface area contributed by atoms with Crippen LogP contribution in [0.2, 0.25) is 0 Å². The van der Waals surface area contributed by atoms with Gasteiger partial charge in [-0.05, 0) is 39.3 Å². The Labute approximate surface area is 99.5 Å². The number of fused-ring (bicyclic) bond motifs is 1. The third kappa shape index (κ3) is 1.51. The van der Waals surface area contributed by atoms with E-state index in [0.717, 1.165) is 11.3 Å². The Balaban J connectivity index is 3.08. The van der Waals surface area contributed by atoms with Crippen LogP contribution in [0.4, 0.5) is 0 Å². The van der Waals surface area contributed by atoms with E-state index in [4.69, 9.17) is 0 Å². The van der Waals surface area contributed by atoms with Crippen LogP contribution in [0.5, 0.6) is 0 Å². The first-order valence-corrected chi connectivity index (χ1v) is 5.38. The Morgan fingerprint density at radius 2 is 2.06 bits per heavy atom. The van der Waals surface area contributed by atoms with Gasteiger partial charge in [0.2, 0.25) is 0 Å². The number of hydrogen-bond acceptors (Lipinski definition) is 3. The number of aromatic nitrogens is 2. The fourth-order valence-electron chi connectivity index (χ4n) is 2.21. The molecule has 0 aliphatic rings. The van der Waals surface area contributed by atoms with Gasteiger partial charge in [-0.15, -0.1) is 0 Å². The fourth-order valence-corrected chi connectivity index (χ4v) is 2.21. The summed E-state index contributed by atoms with van der Waals surface area (Å²) >= 11 is 0. The summed E-state index contributed by atoms with van der Waals surface area (Å²) in [6.45, 7) is 7.08. The van der Waals surface area contributed by atoms with Crippen molar-refractivity contribution in [1.82, 2.24) is 9.61 Å². The summed E-state index contributed by atoms with van der Waals surface area (Å²) in [4.78, 5) is 11.7. The maximum absolute atomic E-state index is 11.7. The topological polar surface area (TPSA) is 58.2 Å². The summed E-state index contributed by atoms with van der Waals surface area (Å²) in [5.74, 6) is -0.0565. The molecule has 0 atom stereocenters. The van der Waals surface area contributed by atoms with Crippen molar-refractivity contribution in [2.24, 2.45) is 0 Å². The van der Waals surface area contributed by atoms with Crippen LogP contribution in [0, 0.1) is 32.1 Å². The first-order chi connectivity index (χ1) is 7.97. The Morgan fingerprint density at radius 1 is 1.41 bits per heavy atom. The minimum absolute atomic E-state index is 0.0565. The quantitative estimate of drug-likeness (QED) is 0.702. The van der Waals surface area contributed by atoms with Crippen molar-refractivity contribution in [3.63, 3.8) is 0 Å². The largest absolute Gasteiger partial charge is 0.294 e. The predicted molar refractivity (Wildman–Crippen MR) is 64.1 cm³/mol. The third-order valence-electron chi connectivity index (χ3n) is 2.91. The zero-order valence-corrected chi connectivity index (χ0v) is 10.3. The number of nitrogens with zero attached hydrogens (tertiary/aromatic N) is 3. The molecule has 0 saturated heterocycles. The zero-order chi connectivity index (χ0) is 12.7. The first-order valence-electron chi connectivity index (χ1n) is 5.38. The standard InChI is InChI=1S/C13H13N3O/c1-7-5-8(2)16-13(11(7)6-14)12(10(4)17)9(3)15-16/h5H,1-4H3. The number of hydrogen-bond donors (Lipinski definition) is 0. The smallest absolute Gasteiger partial charge is 0.163 e.